The summed E-state index contributed by atoms with van der Waals surface area (Å²) < 4.78 is 0. The first kappa shape index (κ1) is 7.56. The highest BCUT2D eigenvalue weighted by molar-refractivity contribution is 4.92. The van der Waals surface area contributed by atoms with E-state index in [1.807, 2.05) is 0 Å². The van der Waals surface area contributed by atoms with E-state index < -0.39 is 0 Å². The fourth-order valence-corrected chi connectivity index (χ4v) is 2.48. The number of hydrogen-bond donors (Lipinski definition) is 1. The van der Waals surface area contributed by atoms with E-state index >= 15 is 0 Å². The molecule has 2 nitrogen and oxygen atoms in total. The highest BCUT2D eigenvalue weighted by atomic mass is 15.2. The third kappa shape index (κ3) is 1.30. The molecule has 0 spiro atoms. The van der Waals surface area contributed by atoms with Crippen LogP contribution in [0, 0.1) is 5.92 Å². The monoisotopic (exact) mass is 154 g/mol. The van der Waals surface area contributed by atoms with Crippen LogP contribution in [0.25, 0.3) is 0 Å². The summed E-state index contributed by atoms with van der Waals surface area (Å²) in [7, 11) is 0. The van der Waals surface area contributed by atoms with E-state index in [1.54, 1.807) is 0 Å². The smallest absolute Gasteiger partial charge is 0.0227 e. The molecule has 0 aliphatic carbocycles. The van der Waals surface area contributed by atoms with Gasteiger partial charge in [0.25, 0.3) is 0 Å². The van der Waals surface area contributed by atoms with E-state index in [9.17, 15) is 0 Å². The number of rotatable bonds is 1. The zero-order valence-corrected chi connectivity index (χ0v) is 7.51. The van der Waals surface area contributed by atoms with Gasteiger partial charge >= 0.3 is 0 Å². The number of hydrogen-bond acceptors (Lipinski definition) is 2. The third-order valence-corrected chi connectivity index (χ3v) is 3.02. The lowest BCUT2D eigenvalue weighted by Crippen LogP contribution is -2.41. The van der Waals surface area contributed by atoms with Crippen molar-refractivity contribution in [1.82, 2.24) is 10.2 Å². The van der Waals surface area contributed by atoms with Crippen LogP contribution in [-0.4, -0.2) is 36.6 Å². The molecule has 64 valence electrons. The lowest BCUT2D eigenvalue weighted by atomic mass is 10.0. The number of nitrogens with one attached hydrogen (secondary N) is 1. The predicted molar refractivity (Wildman–Crippen MR) is 46.6 cm³/mol. The first-order chi connectivity index (χ1) is 5.27. The molecule has 1 N–H and O–H groups in total. The summed E-state index contributed by atoms with van der Waals surface area (Å²) in [6.45, 7) is 8.41. The summed E-state index contributed by atoms with van der Waals surface area (Å²) in [6, 6.07) is 1.58. The number of fused-ring (bicyclic) bond motifs is 2. The first-order valence-electron chi connectivity index (χ1n) is 4.74. The maximum Gasteiger partial charge on any atom is 0.0227 e. The zero-order valence-electron chi connectivity index (χ0n) is 7.51. The molecule has 0 aromatic rings. The van der Waals surface area contributed by atoms with Gasteiger partial charge in [-0.2, -0.15) is 0 Å². The highest BCUT2D eigenvalue weighted by Gasteiger charge is 2.35. The molecular weight excluding hydrogens is 136 g/mol. The van der Waals surface area contributed by atoms with Gasteiger partial charge in [0.05, 0.1) is 0 Å². The average molecular weight is 154 g/mol. The lowest BCUT2D eigenvalue weighted by Gasteiger charge is -2.27. The molecule has 0 aromatic carbocycles. The van der Waals surface area contributed by atoms with Crippen molar-refractivity contribution < 1.29 is 0 Å². The van der Waals surface area contributed by atoms with Crippen LogP contribution in [0.1, 0.15) is 20.3 Å². The van der Waals surface area contributed by atoms with Gasteiger partial charge in [-0.15, -0.1) is 0 Å². The SMILES string of the molecule is CC(C)N1C[C@@H]2CNC[C@H]1C2. The summed E-state index contributed by atoms with van der Waals surface area (Å²) >= 11 is 0. The van der Waals surface area contributed by atoms with Crippen LogP contribution in [0.4, 0.5) is 0 Å². The molecule has 0 amide bonds. The first-order valence-corrected chi connectivity index (χ1v) is 4.74. The fraction of sp³-hybridized carbons (Fsp3) is 1.00. The van der Waals surface area contributed by atoms with Gasteiger partial charge < -0.3 is 5.32 Å². The molecule has 2 aliphatic rings. The minimum atomic E-state index is 0.741. The summed E-state index contributed by atoms with van der Waals surface area (Å²) in [5.74, 6) is 0.941. The van der Waals surface area contributed by atoms with E-state index in [-0.39, 0.29) is 0 Å². The van der Waals surface area contributed by atoms with Gasteiger partial charge in [-0.1, -0.05) is 0 Å². The lowest BCUT2D eigenvalue weighted by molar-refractivity contribution is 0.205. The molecule has 0 saturated carbocycles. The minimum absolute atomic E-state index is 0.741. The van der Waals surface area contributed by atoms with Crippen molar-refractivity contribution in [2.24, 2.45) is 5.92 Å². The van der Waals surface area contributed by atoms with Gasteiger partial charge in [0.2, 0.25) is 0 Å². The Kier molecular flexibility index (Phi) is 1.90. The van der Waals surface area contributed by atoms with Crippen LogP contribution in [0.3, 0.4) is 0 Å². The van der Waals surface area contributed by atoms with Gasteiger partial charge in [0, 0.05) is 25.2 Å². The van der Waals surface area contributed by atoms with E-state index in [2.05, 4.69) is 24.1 Å². The van der Waals surface area contributed by atoms with Crippen molar-refractivity contribution in [3.8, 4) is 0 Å². The maximum atomic E-state index is 3.49. The quantitative estimate of drug-likeness (QED) is 0.598. The molecule has 2 atom stereocenters. The summed E-state index contributed by atoms with van der Waals surface area (Å²) in [4.78, 5) is 2.64. The number of nitrogens with zero attached hydrogens (tertiary/aromatic N) is 1. The molecular formula is C9H18N2. The van der Waals surface area contributed by atoms with E-state index in [0.29, 0.717) is 0 Å². The maximum absolute atomic E-state index is 3.49. The summed E-state index contributed by atoms with van der Waals surface area (Å²) in [5.41, 5.74) is 0. The second kappa shape index (κ2) is 2.76. The van der Waals surface area contributed by atoms with E-state index in [4.69, 9.17) is 0 Å². The Morgan fingerprint density at radius 3 is 2.82 bits per heavy atom. The Bertz CT molecular complexity index is 144. The highest BCUT2D eigenvalue weighted by Crippen LogP contribution is 2.27. The molecule has 2 saturated heterocycles. The van der Waals surface area contributed by atoms with Crippen molar-refractivity contribution in [2.45, 2.75) is 32.4 Å². The standard InChI is InChI=1S/C9H18N2/c1-7(2)11-6-8-3-9(11)5-10-4-8/h7-10H,3-6H2,1-2H3/t8-,9+/m0/s1. The van der Waals surface area contributed by atoms with Crippen LogP contribution in [0.15, 0.2) is 0 Å². The molecule has 2 rings (SSSR count). The molecule has 0 radical (unpaired) electrons. The Balaban J connectivity index is 2.03. The molecule has 2 heteroatoms. The van der Waals surface area contributed by atoms with Crippen LogP contribution < -0.4 is 5.32 Å². The normalized spacial score (nSPS) is 38.5. The Labute approximate surface area is 69.0 Å². The van der Waals surface area contributed by atoms with Crippen molar-refractivity contribution in [1.29, 1.82) is 0 Å². The van der Waals surface area contributed by atoms with Crippen LogP contribution in [0.2, 0.25) is 0 Å². The Hall–Kier alpha value is -0.0800. The van der Waals surface area contributed by atoms with Gasteiger partial charge in [-0.3, -0.25) is 4.90 Å². The van der Waals surface area contributed by atoms with Crippen molar-refractivity contribution >= 4 is 0 Å². The van der Waals surface area contributed by atoms with Gasteiger partial charge in [0.15, 0.2) is 0 Å². The molecule has 2 aliphatic heterocycles. The predicted octanol–water partition coefficient (Wildman–Crippen LogP) is 0.689. The summed E-state index contributed by atoms with van der Waals surface area (Å²) in [5, 5.41) is 3.49. The van der Waals surface area contributed by atoms with Crippen LogP contribution in [0.5, 0.6) is 0 Å². The number of likely N-dealkylation sites (tertiary alicyclic amines) is 1. The van der Waals surface area contributed by atoms with Crippen molar-refractivity contribution in [2.75, 3.05) is 19.6 Å². The molecule has 2 heterocycles. The van der Waals surface area contributed by atoms with Crippen LogP contribution in [-0.2, 0) is 0 Å². The van der Waals surface area contributed by atoms with E-state index in [1.165, 1.54) is 26.1 Å². The second-order valence-corrected chi connectivity index (χ2v) is 4.20. The van der Waals surface area contributed by atoms with E-state index in [0.717, 1.165) is 18.0 Å². The van der Waals surface area contributed by atoms with Crippen molar-refractivity contribution in [3.63, 3.8) is 0 Å². The van der Waals surface area contributed by atoms with Gasteiger partial charge in [0.1, 0.15) is 0 Å². The number of piperidine rings is 1. The Morgan fingerprint density at radius 2 is 2.18 bits per heavy atom. The Morgan fingerprint density at radius 1 is 1.36 bits per heavy atom. The van der Waals surface area contributed by atoms with Gasteiger partial charge in [-0.25, -0.2) is 0 Å². The topological polar surface area (TPSA) is 15.3 Å². The van der Waals surface area contributed by atoms with Crippen molar-refractivity contribution in [3.05, 3.63) is 0 Å². The molecule has 2 bridgehead atoms. The van der Waals surface area contributed by atoms with Crippen LogP contribution >= 0.6 is 0 Å². The average Bonchev–Trinajstić information content (AvgIpc) is 2.27. The third-order valence-electron chi connectivity index (χ3n) is 3.02. The zero-order chi connectivity index (χ0) is 7.84. The fourth-order valence-electron chi connectivity index (χ4n) is 2.48. The molecule has 2 fully saturated rings. The molecule has 11 heavy (non-hydrogen) atoms. The van der Waals surface area contributed by atoms with Gasteiger partial charge in [-0.05, 0) is 32.7 Å². The second-order valence-electron chi connectivity index (χ2n) is 4.20. The largest absolute Gasteiger partial charge is 0.315 e. The minimum Gasteiger partial charge on any atom is -0.315 e. The summed E-state index contributed by atoms with van der Waals surface area (Å²) in [6.07, 6.45) is 1.44. The molecule has 0 aromatic heterocycles. The molecule has 0 unspecified atom stereocenters.